The molecule has 2 heterocycles. The number of hydrogen-bond acceptors (Lipinski definition) is 3. The minimum atomic E-state index is -0.781. The molecule has 2 amide bonds. The van der Waals surface area contributed by atoms with E-state index in [0.717, 1.165) is 0 Å². The maximum atomic E-state index is 12.2. The van der Waals surface area contributed by atoms with Crippen LogP contribution in [0.25, 0.3) is 0 Å². The van der Waals surface area contributed by atoms with Crippen LogP contribution in [0.15, 0.2) is 18.7 Å². The molecule has 0 spiro atoms. The number of carbonyl (C=O) groups is 2. The summed E-state index contributed by atoms with van der Waals surface area (Å²) in [6.45, 7) is 5.29. The number of hydrogen-bond donors (Lipinski definition) is 2. The highest BCUT2D eigenvalue weighted by atomic mass is 16.4. The van der Waals surface area contributed by atoms with Gasteiger partial charge >= 0.3 is 12.0 Å². The van der Waals surface area contributed by atoms with E-state index in [1.165, 1.54) is 0 Å². The molecule has 7 heteroatoms. The Morgan fingerprint density at radius 1 is 1.43 bits per heavy atom. The number of piperidine rings is 1. The highest BCUT2D eigenvalue weighted by Crippen LogP contribution is 2.30. The second kappa shape index (κ2) is 6.15. The second-order valence-corrected chi connectivity index (χ2v) is 5.96. The third kappa shape index (κ3) is 3.74. The monoisotopic (exact) mass is 294 g/mol. The van der Waals surface area contributed by atoms with Crippen molar-refractivity contribution in [2.24, 2.45) is 5.41 Å². The molecule has 1 unspecified atom stereocenters. The molecule has 0 aliphatic carbocycles. The van der Waals surface area contributed by atoms with Gasteiger partial charge in [-0.2, -0.15) is 0 Å². The number of urea groups is 1. The van der Waals surface area contributed by atoms with Crippen molar-refractivity contribution >= 4 is 12.0 Å². The number of carboxylic acid groups (broad SMARTS) is 1. The number of likely N-dealkylation sites (tertiary alicyclic amines) is 1. The maximum absolute atomic E-state index is 12.2. The molecular weight excluding hydrogens is 272 g/mol. The first-order valence-corrected chi connectivity index (χ1v) is 7.15. The summed E-state index contributed by atoms with van der Waals surface area (Å²) in [4.78, 5) is 29.0. The Bertz CT molecular complexity index is 492. The molecule has 1 aromatic rings. The summed E-state index contributed by atoms with van der Waals surface area (Å²) in [5.74, 6) is -0.781. The third-order valence-corrected chi connectivity index (χ3v) is 4.08. The van der Waals surface area contributed by atoms with Gasteiger partial charge in [-0.25, -0.2) is 9.78 Å². The molecule has 2 N–H and O–H groups in total. The highest BCUT2D eigenvalue weighted by molar-refractivity contribution is 5.77. The molecule has 0 bridgehead atoms. The number of aromatic nitrogens is 2. The van der Waals surface area contributed by atoms with Crippen LogP contribution in [0, 0.1) is 5.41 Å². The van der Waals surface area contributed by atoms with Crippen LogP contribution in [0.2, 0.25) is 0 Å². The van der Waals surface area contributed by atoms with Crippen molar-refractivity contribution in [3.63, 3.8) is 0 Å². The topological polar surface area (TPSA) is 87.5 Å². The van der Waals surface area contributed by atoms with Crippen molar-refractivity contribution in [3.05, 3.63) is 18.7 Å². The maximum Gasteiger partial charge on any atom is 0.317 e. The number of imidazole rings is 1. The molecule has 7 nitrogen and oxygen atoms in total. The lowest BCUT2D eigenvalue weighted by atomic mass is 9.80. The number of carbonyl (C=O) groups excluding carboxylic acids is 1. The van der Waals surface area contributed by atoms with Crippen LogP contribution >= 0.6 is 0 Å². The molecule has 0 radical (unpaired) electrons. The minimum Gasteiger partial charge on any atom is -0.481 e. The second-order valence-electron chi connectivity index (χ2n) is 5.96. The van der Waals surface area contributed by atoms with Gasteiger partial charge in [-0.15, -0.1) is 0 Å². The lowest BCUT2D eigenvalue weighted by Crippen LogP contribution is -2.50. The summed E-state index contributed by atoms with van der Waals surface area (Å²) in [6.07, 6.45) is 6.24. The van der Waals surface area contributed by atoms with Crippen molar-refractivity contribution in [2.45, 2.75) is 39.3 Å². The predicted octanol–water partition coefficient (Wildman–Crippen LogP) is 1.17. The molecule has 116 valence electrons. The van der Waals surface area contributed by atoms with Crippen molar-refractivity contribution in [2.75, 3.05) is 13.1 Å². The van der Waals surface area contributed by atoms with Crippen LogP contribution in [0.3, 0.4) is 0 Å². The first-order valence-electron chi connectivity index (χ1n) is 7.15. The van der Waals surface area contributed by atoms with Gasteiger partial charge in [-0.1, -0.05) is 0 Å². The van der Waals surface area contributed by atoms with E-state index in [4.69, 9.17) is 0 Å². The highest BCUT2D eigenvalue weighted by Gasteiger charge is 2.38. The van der Waals surface area contributed by atoms with Gasteiger partial charge in [0.05, 0.1) is 11.7 Å². The molecule has 0 aromatic carbocycles. The molecule has 1 aromatic heterocycles. The number of amides is 2. The van der Waals surface area contributed by atoms with Crippen LogP contribution < -0.4 is 5.32 Å². The molecule has 1 atom stereocenters. The van der Waals surface area contributed by atoms with E-state index in [2.05, 4.69) is 10.3 Å². The van der Waals surface area contributed by atoms with Crippen molar-refractivity contribution in [1.29, 1.82) is 0 Å². The number of rotatable bonds is 4. The predicted molar refractivity (Wildman–Crippen MR) is 76.8 cm³/mol. The van der Waals surface area contributed by atoms with Gasteiger partial charge < -0.3 is 19.9 Å². The summed E-state index contributed by atoms with van der Waals surface area (Å²) in [6, 6.07) is -0.144. The first-order chi connectivity index (χ1) is 9.90. The lowest BCUT2D eigenvalue weighted by Gasteiger charge is -2.36. The van der Waals surface area contributed by atoms with E-state index in [1.54, 1.807) is 24.3 Å². The molecule has 1 aliphatic rings. The van der Waals surface area contributed by atoms with Crippen molar-refractivity contribution in [3.8, 4) is 0 Å². The van der Waals surface area contributed by atoms with E-state index in [1.807, 2.05) is 17.7 Å². The van der Waals surface area contributed by atoms with E-state index in [0.29, 0.717) is 32.5 Å². The molecule has 1 fully saturated rings. The zero-order chi connectivity index (χ0) is 15.5. The zero-order valence-corrected chi connectivity index (χ0v) is 12.5. The van der Waals surface area contributed by atoms with E-state index < -0.39 is 11.4 Å². The Morgan fingerprint density at radius 2 is 2.10 bits per heavy atom. The smallest absolute Gasteiger partial charge is 0.317 e. The number of carboxylic acids is 1. The number of nitrogens with one attached hydrogen (secondary N) is 1. The number of aliphatic carboxylic acids is 1. The Morgan fingerprint density at radius 3 is 2.62 bits per heavy atom. The van der Waals surface area contributed by atoms with Gasteiger partial charge in [-0.3, -0.25) is 4.79 Å². The average Bonchev–Trinajstić information content (AvgIpc) is 2.91. The van der Waals surface area contributed by atoms with Gasteiger partial charge in [0, 0.05) is 38.1 Å². The van der Waals surface area contributed by atoms with Crippen molar-refractivity contribution in [1.82, 2.24) is 19.8 Å². The molecule has 2 rings (SSSR count). The van der Waals surface area contributed by atoms with Gasteiger partial charge in [0.2, 0.25) is 0 Å². The molecule has 1 saturated heterocycles. The summed E-state index contributed by atoms with van der Waals surface area (Å²) >= 11 is 0. The number of nitrogens with zero attached hydrogens (tertiary/aromatic N) is 3. The van der Waals surface area contributed by atoms with Crippen LogP contribution in [0.1, 0.15) is 26.7 Å². The molecule has 21 heavy (non-hydrogen) atoms. The van der Waals surface area contributed by atoms with Gasteiger partial charge in [0.25, 0.3) is 0 Å². The van der Waals surface area contributed by atoms with Crippen molar-refractivity contribution < 1.29 is 14.7 Å². The van der Waals surface area contributed by atoms with Crippen LogP contribution in [-0.2, 0) is 11.3 Å². The summed E-state index contributed by atoms with van der Waals surface area (Å²) in [5, 5.41) is 12.1. The Hall–Kier alpha value is -2.05. The first kappa shape index (κ1) is 15.3. The van der Waals surface area contributed by atoms with Gasteiger partial charge in [0.15, 0.2) is 0 Å². The van der Waals surface area contributed by atoms with Crippen LogP contribution in [0.4, 0.5) is 4.79 Å². The third-order valence-electron chi connectivity index (χ3n) is 4.08. The Kier molecular flexibility index (Phi) is 4.50. The molecular formula is C14H22N4O3. The van der Waals surface area contributed by atoms with E-state index in [9.17, 15) is 14.7 Å². The van der Waals surface area contributed by atoms with Gasteiger partial charge in [-0.05, 0) is 26.7 Å². The Balaban J connectivity index is 1.81. The summed E-state index contributed by atoms with van der Waals surface area (Å²) in [7, 11) is 0. The minimum absolute atomic E-state index is 0.0144. The summed E-state index contributed by atoms with van der Waals surface area (Å²) in [5.41, 5.74) is -0.709. The lowest BCUT2D eigenvalue weighted by molar-refractivity contribution is -0.150. The Labute approximate surface area is 124 Å². The average molecular weight is 294 g/mol. The van der Waals surface area contributed by atoms with E-state index in [-0.39, 0.29) is 12.1 Å². The largest absolute Gasteiger partial charge is 0.481 e. The fraction of sp³-hybridized carbons (Fsp3) is 0.643. The zero-order valence-electron chi connectivity index (χ0n) is 12.5. The summed E-state index contributed by atoms with van der Waals surface area (Å²) < 4.78 is 1.91. The SMILES string of the molecule is CC(Cn1ccnc1)NC(=O)N1CCC(C)(C(=O)O)CC1. The molecule has 0 saturated carbocycles. The van der Waals surface area contributed by atoms with Crippen LogP contribution in [0.5, 0.6) is 0 Å². The quantitative estimate of drug-likeness (QED) is 0.872. The fourth-order valence-electron chi connectivity index (χ4n) is 2.48. The van der Waals surface area contributed by atoms with Gasteiger partial charge in [0.1, 0.15) is 0 Å². The normalized spacial score (nSPS) is 19.0. The fourth-order valence-corrected chi connectivity index (χ4v) is 2.48. The van der Waals surface area contributed by atoms with Crippen LogP contribution in [-0.4, -0.2) is 50.7 Å². The van der Waals surface area contributed by atoms with E-state index >= 15 is 0 Å². The molecule has 1 aliphatic heterocycles. The standard InChI is InChI=1S/C14H22N4O3/c1-11(9-17-8-5-15-10-17)16-13(21)18-6-3-14(2,4-7-18)12(19)20/h5,8,10-11H,3-4,6-7,9H2,1-2H3,(H,16,21)(H,19,20).